The minimum absolute atomic E-state index is 0.300. The van der Waals surface area contributed by atoms with Crippen LogP contribution in [0.2, 0.25) is 5.28 Å². The quantitative estimate of drug-likeness (QED) is 0.619. The Morgan fingerprint density at radius 2 is 2.29 bits per heavy atom. The van der Waals surface area contributed by atoms with E-state index in [0.29, 0.717) is 5.28 Å². The van der Waals surface area contributed by atoms with Crippen LogP contribution < -0.4 is 4.90 Å². The van der Waals surface area contributed by atoms with E-state index < -0.39 is 0 Å². The summed E-state index contributed by atoms with van der Waals surface area (Å²) in [4.78, 5) is 11.5. The van der Waals surface area contributed by atoms with Gasteiger partial charge in [-0.15, -0.1) is 11.3 Å². The van der Waals surface area contributed by atoms with E-state index in [1.54, 1.807) is 18.4 Å². The van der Waals surface area contributed by atoms with Crippen molar-refractivity contribution in [3.63, 3.8) is 0 Å². The number of rotatable bonds is 5. The number of hydrogen-bond acceptors (Lipinski definition) is 5. The van der Waals surface area contributed by atoms with Gasteiger partial charge in [-0.3, -0.25) is 0 Å². The molecule has 0 aliphatic carbocycles. The van der Waals surface area contributed by atoms with Crippen molar-refractivity contribution in [3.8, 4) is 0 Å². The molecule has 0 aliphatic heterocycles. The first kappa shape index (κ1) is 12.5. The van der Waals surface area contributed by atoms with Crippen LogP contribution in [0.4, 0.5) is 5.82 Å². The molecule has 0 N–H and O–H groups in total. The van der Waals surface area contributed by atoms with Crippen molar-refractivity contribution in [1.29, 1.82) is 0 Å². The molecule has 0 fully saturated rings. The average molecular weight is 272 g/mol. The highest BCUT2D eigenvalue weighted by Gasteiger charge is 2.11. The maximum Gasteiger partial charge on any atom is 0.225 e. The van der Waals surface area contributed by atoms with Gasteiger partial charge in [-0.2, -0.15) is 4.98 Å². The van der Waals surface area contributed by atoms with E-state index in [9.17, 15) is 0 Å². The van der Waals surface area contributed by atoms with Gasteiger partial charge in [0.05, 0.1) is 5.39 Å². The molecule has 0 unspecified atom stereocenters. The second-order valence-electron chi connectivity index (χ2n) is 3.72. The molecule has 0 saturated heterocycles. The van der Waals surface area contributed by atoms with Crippen molar-refractivity contribution >= 4 is 39.0 Å². The highest BCUT2D eigenvalue weighted by molar-refractivity contribution is 7.16. The van der Waals surface area contributed by atoms with E-state index in [-0.39, 0.29) is 0 Å². The van der Waals surface area contributed by atoms with Crippen LogP contribution in [0.25, 0.3) is 10.2 Å². The van der Waals surface area contributed by atoms with Crippen LogP contribution in [0, 0.1) is 0 Å². The molecule has 2 aromatic rings. The summed E-state index contributed by atoms with van der Waals surface area (Å²) in [6.45, 7) is 1.63. The molecule has 0 aliphatic rings. The number of methoxy groups -OCH3 is 1. The van der Waals surface area contributed by atoms with Crippen LogP contribution in [0.3, 0.4) is 0 Å². The van der Waals surface area contributed by atoms with Crippen molar-refractivity contribution in [3.05, 3.63) is 16.7 Å². The zero-order valence-corrected chi connectivity index (χ0v) is 11.4. The Bertz CT molecular complexity index is 502. The van der Waals surface area contributed by atoms with Gasteiger partial charge in [0.15, 0.2) is 0 Å². The molecule has 0 saturated carbocycles. The molecule has 0 radical (unpaired) electrons. The fourth-order valence-corrected chi connectivity index (χ4v) is 2.63. The number of ether oxygens (including phenoxy) is 1. The van der Waals surface area contributed by atoms with Crippen molar-refractivity contribution in [1.82, 2.24) is 9.97 Å². The summed E-state index contributed by atoms with van der Waals surface area (Å²) in [5.74, 6) is 0.886. The fraction of sp³-hybridized carbons (Fsp3) is 0.455. The topological polar surface area (TPSA) is 38.2 Å². The molecular weight excluding hydrogens is 258 g/mol. The van der Waals surface area contributed by atoms with Crippen molar-refractivity contribution < 1.29 is 4.74 Å². The normalized spacial score (nSPS) is 11.0. The molecule has 92 valence electrons. The van der Waals surface area contributed by atoms with Gasteiger partial charge in [-0.05, 0) is 29.5 Å². The molecule has 17 heavy (non-hydrogen) atoms. The van der Waals surface area contributed by atoms with Gasteiger partial charge in [0.1, 0.15) is 10.6 Å². The van der Waals surface area contributed by atoms with Crippen LogP contribution in [0.1, 0.15) is 6.42 Å². The summed E-state index contributed by atoms with van der Waals surface area (Å²) in [6, 6.07) is 2.03. The number of nitrogens with zero attached hydrogens (tertiary/aromatic N) is 3. The third-order valence-electron chi connectivity index (χ3n) is 2.48. The Morgan fingerprint density at radius 1 is 1.47 bits per heavy atom. The minimum Gasteiger partial charge on any atom is -0.385 e. The van der Waals surface area contributed by atoms with Gasteiger partial charge in [-0.1, -0.05) is 0 Å². The van der Waals surface area contributed by atoms with Gasteiger partial charge in [0.2, 0.25) is 5.28 Å². The molecule has 4 nitrogen and oxygen atoms in total. The monoisotopic (exact) mass is 271 g/mol. The highest BCUT2D eigenvalue weighted by Crippen LogP contribution is 2.28. The first-order valence-corrected chi connectivity index (χ1v) is 6.59. The molecular formula is C11H14ClN3OS. The maximum atomic E-state index is 5.92. The third-order valence-corrected chi connectivity index (χ3v) is 3.46. The Labute approximate surface area is 109 Å². The van der Waals surface area contributed by atoms with E-state index in [0.717, 1.165) is 35.6 Å². The molecule has 0 aromatic carbocycles. The van der Waals surface area contributed by atoms with E-state index in [4.69, 9.17) is 16.3 Å². The second-order valence-corrected chi connectivity index (χ2v) is 4.96. The van der Waals surface area contributed by atoms with Crippen molar-refractivity contribution in [2.24, 2.45) is 0 Å². The van der Waals surface area contributed by atoms with Crippen molar-refractivity contribution in [2.45, 2.75) is 6.42 Å². The molecule has 6 heteroatoms. The predicted octanol–water partition coefficient (Wildman–Crippen LogP) is 2.82. The number of aromatic nitrogens is 2. The minimum atomic E-state index is 0.300. The van der Waals surface area contributed by atoms with Crippen LogP contribution in [0.5, 0.6) is 0 Å². The largest absolute Gasteiger partial charge is 0.385 e. The Kier molecular flexibility index (Phi) is 4.15. The average Bonchev–Trinajstić information content (AvgIpc) is 2.75. The molecule has 0 spiro atoms. The molecule has 0 bridgehead atoms. The van der Waals surface area contributed by atoms with E-state index in [2.05, 4.69) is 14.9 Å². The molecule has 2 rings (SSSR count). The summed E-state index contributed by atoms with van der Waals surface area (Å²) in [7, 11) is 3.71. The maximum absolute atomic E-state index is 5.92. The lowest BCUT2D eigenvalue weighted by Crippen LogP contribution is -2.21. The van der Waals surface area contributed by atoms with Gasteiger partial charge in [-0.25, -0.2) is 4.98 Å². The Morgan fingerprint density at radius 3 is 3.06 bits per heavy atom. The summed E-state index contributed by atoms with van der Waals surface area (Å²) in [5, 5.41) is 3.36. The smallest absolute Gasteiger partial charge is 0.225 e. The van der Waals surface area contributed by atoms with Gasteiger partial charge in [0.25, 0.3) is 0 Å². The summed E-state index contributed by atoms with van der Waals surface area (Å²) in [6.07, 6.45) is 0.959. The van der Waals surface area contributed by atoms with Gasteiger partial charge < -0.3 is 9.64 Å². The standard InChI is InChI=1S/C11H14ClN3OS/c1-15(5-3-6-16-2)9-8-4-7-17-10(8)14-11(12)13-9/h4,7H,3,5-6H2,1-2H3. The SMILES string of the molecule is COCCCN(C)c1nc(Cl)nc2sccc12. The van der Waals surface area contributed by atoms with Crippen LogP contribution in [-0.2, 0) is 4.74 Å². The third kappa shape index (κ3) is 2.86. The number of hydrogen-bond donors (Lipinski definition) is 0. The fourth-order valence-electron chi connectivity index (χ4n) is 1.66. The lowest BCUT2D eigenvalue weighted by atomic mass is 10.3. The molecule has 0 atom stereocenters. The molecule has 2 aromatic heterocycles. The van der Waals surface area contributed by atoms with Crippen LogP contribution in [0.15, 0.2) is 11.4 Å². The first-order valence-electron chi connectivity index (χ1n) is 5.33. The number of halogens is 1. The zero-order chi connectivity index (χ0) is 12.3. The van der Waals surface area contributed by atoms with Crippen molar-refractivity contribution in [2.75, 3.05) is 32.2 Å². The number of thiophene rings is 1. The van der Waals surface area contributed by atoms with E-state index in [1.807, 2.05) is 18.5 Å². The van der Waals surface area contributed by atoms with Crippen LogP contribution in [-0.4, -0.2) is 37.3 Å². The van der Waals surface area contributed by atoms with E-state index >= 15 is 0 Å². The predicted molar refractivity (Wildman–Crippen MR) is 72.2 cm³/mol. The second kappa shape index (κ2) is 5.62. The van der Waals surface area contributed by atoms with Gasteiger partial charge in [0, 0.05) is 27.3 Å². The Balaban J connectivity index is 2.24. The zero-order valence-electron chi connectivity index (χ0n) is 9.81. The van der Waals surface area contributed by atoms with E-state index in [1.165, 1.54) is 0 Å². The highest BCUT2D eigenvalue weighted by atomic mass is 35.5. The lowest BCUT2D eigenvalue weighted by Gasteiger charge is -2.18. The molecule has 2 heterocycles. The van der Waals surface area contributed by atoms with Crippen LogP contribution >= 0.6 is 22.9 Å². The number of fused-ring (bicyclic) bond motifs is 1. The summed E-state index contributed by atoms with van der Waals surface area (Å²) < 4.78 is 5.04. The lowest BCUT2D eigenvalue weighted by molar-refractivity contribution is 0.196. The summed E-state index contributed by atoms with van der Waals surface area (Å²) >= 11 is 7.49. The first-order chi connectivity index (χ1) is 8.22. The Hall–Kier alpha value is -0.910. The summed E-state index contributed by atoms with van der Waals surface area (Å²) in [5.41, 5.74) is 0. The van der Waals surface area contributed by atoms with Gasteiger partial charge >= 0.3 is 0 Å². The molecule has 0 amide bonds. The number of anilines is 1.